The summed E-state index contributed by atoms with van der Waals surface area (Å²) in [5.74, 6) is 0.629. The molecule has 0 aliphatic carbocycles. The highest BCUT2D eigenvalue weighted by Gasteiger charge is 2.16. The molecule has 0 heterocycles. The lowest BCUT2D eigenvalue weighted by Gasteiger charge is -2.27. The molecule has 1 unspecified atom stereocenters. The number of nitrogens with zero attached hydrogens (tertiary/aromatic N) is 1. The third-order valence-electron chi connectivity index (χ3n) is 2.20. The number of hydrogen-bond acceptors (Lipinski definition) is 3. The van der Waals surface area contributed by atoms with E-state index in [-0.39, 0.29) is 0 Å². The van der Waals surface area contributed by atoms with E-state index < -0.39 is 5.60 Å². The highest BCUT2D eigenvalue weighted by Crippen LogP contribution is 2.05. The molecule has 15 heavy (non-hydrogen) atoms. The molecular weight excluding hydrogens is 188 g/mol. The molecule has 2 N–H and O–H groups in total. The van der Waals surface area contributed by atoms with E-state index in [4.69, 9.17) is 0 Å². The molecule has 0 saturated heterocycles. The third-order valence-corrected chi connectivity index (χ3v) is 2.20. The highest BCUT2D eigenvalue weighted by atomic mass is 16.3. The summed E-state index contributed by atoms with van der Waals surface area (Å²) < 4.78 is 0. The Labute approximate surface area is 94.9 Å². The molecule has 0 aromatic rings. The Morgan fingerprint density at radius 1 is 1.40 bits per heavy atom. The number of nitrogens with one attached hydrogen (secondary N) is 1. The van der Waals surface area contributed by atoms with E-state index in [9.17, 15) is 5.11 Å². The summed E-state index contributed by atoms with van der Waals surface area (Å²) >= 11 is 0. The van der Waals surface area contributed by atoms with Gasteiger partial charge in [0.2, 0.25) is 0 Å². The fourth-order valence-corrected chi connectivity index (χ4v) is 1.85. The zero-order valence-electron chi connectivity index (χ0n) is 11.0. The van der Waals surface area contributed by atoms with Gasteiger partial charge in [0.25, 0.3) is 0 Å². The number of likely N-dealkylation sites (N-methyl/N-ethyl adjacent to an activating group) is 1. The van der Waals surface area contributed by atoms with Crippen molar-refractivity contribution in [2.45, 2.75) is 39.7 Å². The van der Waals surface area contributed by atoms with Crippen molar-refractivity contribution in [1.82, 2.24) is 10.2 Å². The second-order valence-electron chi connectivity index (χ2n) is 5.32. The van der Waals surface area contributed by atoms with Gasteiger partial charge in [0, 0.05) is 13.1 Å². The van der Waals surface area contributed by atoms with E-state index in [0.717, 1.165) is 26.2 Å². The van der Waals surface area contributed by atoms with Crippen molar-refractivity contribution in [3.8, 4) is 0 Å². The van der Waals surface area contributed by atoms with E-state index in [2.05, 4.69) is 31.1 Å². The lowest BCUT2D eigenvalue weighted by Crippen LogP contribution is -2.39. The van der Waals surface area contributed by atoms with Gasteiger partial charge in [-0.1, -0.05) is 13.8 Å². The summed E-state index contributed by atoms with van der Waals surface area (Å²) in [6.45, 7) is 12.0. The van der Waals surface area contributed by atoms with Crippen molar-refractivity contribution in [3.63, 3.8) is 0 Å². The minimum Gasteiger partial charge on any atom is -0.389 e. The maximum atomic E-state index is 9.66. The fraction of sp³-hybridized carbons (Fsp3) is 1.00. The Kier molecular flexibility index (Phi) is 7.14. The van der Waals surface area contributed by atoms with E-state index in [1.807, 2.05) is 13.8 Å². The van der Waals surface area contributed by atoms with Crippen molar-refractivity contribution >= 4 is 0 Å². The standard InChI is InChI=1S/C12H28N2O/c1-6-7-13-8-11(2)9-14(5)10-12(3,4)15/h11,13,15H,6-10H2,1-5H3. The molecule has 0 aliphatic heterocycles. The van der Waals surface area contributed by atoms with Gasteiger partial charge >= 0.3 is 0 Å². The predicted molar refractivity (Wildman–Crippen MR) is 66.1 cm³/mol. The Morgan fingerprint density at radius 3 is 2.47 bits per heavy atom. The molecule has 0 fully saturated rings. The van der Waals surface area contributed by atoms with Gasteiger partial charge in [0.15, 0.2) is 0 Å². The van der Waals surface area contributed by atoms with E-state index in [1.54, 1.807) is 0 Å². The fourth-order valence-electron chi connectivity index (χ4n) is 1.85. The van der Waals surface area contributed by atoms with Crippen LogP contribution in [0.3, 0.4) is 0 Å². The zero-order chi connectivity index (χ0) is 11.9. The molecule has 92 valence electrons. The summed E-state index contributed by atoms with van der Waals surface area (Å²) in [4.78, 5) is 2.19. The minimum absolute atomic E-state index is 0.592. The van der Waals surface area contributed by atoms with Gasteiger partial charge < -0.3 is 15.3 Å². The first-order chi connectivity index (χ1) is 6.85. The van der Waals surface area contributed by atoms with Crippen molar-refractivity contribution in [2.24, 2.45) is 5.92 Å². The smallest absolute Gasteiger partial charge is 0.0718 e. The van der Waals surface area contributed by atoms with Crippen LogP contribution in [-0.2, 0) is 0 Å². The summed E-state index contributed by atoms with van der Waals surface area (Å²) in [5, 5.41) is 13.1. The maximum absolute atomic E-state index is 9.66. The molecular formula is C12H28N2O. The predicted octanol–water partition coefficient (Wildman–Crippen LogP) is 1.32. The van der Waals surface area contributed by atoms with Crippen LogP contribution < -0.4 is 5.32 Å². The average molecular weight is 216 g/mol. The maximum Gasteiger partial charge on any atom is 0.0718 e. The Balaban J connectivity index is 3.62. The quantitative estimate of drug-likeness (QED) is 0.601. The van der Waals surface area contributed by atoms with Crippen LogP contribution in [0.25, 0.3) is 0 Å². The first-order valence-corrected chi connectivity index (χ1v) is 5.96. The Bertz CT molecular complexity index is 154. The SMILES string of the molecule is CCCNCC(C)CN(C)CC(C)(C)O. The van der Waals surface area contributed by atoms with E-state index >= 15 is 0 Å². The first-order valence-electron chi connectivity index (χ1n) is 5.96. The molecule has 3 heteroatoms. The van der Waals surface area contributed by atoms with Gasteiger partial charge in [0.1, 0.15) is 0 Å². The topological polar surface area (TPSA) is 35.5 Å². The van der Waals surface area contributed by atoms with Crippen LogP contribution in [-0.4, -0.2) is 48.8 Å². The first kappa shape index (κ1) is 14.9. The van der Waals surface area contributed by atoms with Crippen molar-refractivity contribution < 1.29 is 5.11 Å². The largest absolute Gasteiger partial charge is 0.389 e. The third kappa shape index (κ3) is 10.2. The Morgan fingerprint density at radius 2 is 2.00 bits per heavy atom. The van der Waals surface area contributed by atoms with Crippen molar-refractivity contribution in [3.05, 3.63) is 0 Å². The summed E-state index contributed by atoms with van der Waals surface area (Å²) in [7, 11) is 2.06. The van der Waals surface area contributed by atoms with Crippen LogP contribution in [0.15, 0.2) is 0 Å². The molecule has 3 nitrogen and oxygen atoms in total. The van der Waals surface area contributed by atoms with Crippen LogP contribution in [0.2, 0.25) is 0 Å². The number of hydrogen-bond donors (Lipinski definition) is 2. The monoisotopic (exact) mass is 216 g/mol. The zero-order valence-corrected chi connectivity index (χ0v) is 11.0. The molecule has 0 radical (unpaired) electrons. The summed E-state index contributed by atoms with van der Waals surface area (Å²) in [6.07, 6.45) is 1.19. The van der Waals surface area contributed by atoms with Gasteiger partial charge in [-0.3, -0.25) is 0 Å². The molecule has 1 atom stereocenters. The molecule has 0 aromatic carbocycles. The molecule has 0 rings (SSSR count). The molecule has 0 spiro atoms. The van der Waals surface area contributed by atoms with Gasteiger partial charge in [-0.15, -0.1) is 0 Å². The number of rotatable bonds is 8. The van der Waals surface area contributed by atoms with Crippen molar-refractivity contribution in [2.75, 3.05) is 33.2 Å². The van der Waals surface area contributed by atoms with Gasteiger partial charge in [-0.2, -0.15) is 0 Å². The molecule has 0 aromatic heterocycles. The minimum atomic E-state index is -0.592. The normalized spacial score (nSPS) is 14.6. The van der Waals surface area contributed by atoms with Crippen LogP contribution >= 0.6 is 0 Å². The van der Waals surface area contributed by atoms with Gasteiger partial charge in [-0.25, -0.2) is 0 Å². The second kappa shape index (κ2) is 7.20. The van der Waals surface area contributed by atoms with Crippen molar-refractivity contribution in [1.29, 1.82) is 0 Å². The van der Waals surface area contributed by atoms with Crippen LogP contribution in [0.1, 0.15) is 34.1 Å². The van der Waals surface area contributed by atoms with E-state index in [0.29, 0.717) is 5.92 Å². The van der Waals surface area contributed by atoms with Crippen LogP contribution in [0.5, 0.6) is 0 Å². The molecule has 0 bridgehead atoms. The van der Waals surface area contributed by atoms with Crippen LogP contribution in [0.4, 0.5) is 0 Å². The lowest BCUT2D eigenvalue weighted by atomic mass is 10.1. The molecule has 0 saturated carbocycles. The molecule has 0 amide bonds. The highest BCUT2D eigenvalue weighted by molar-refractivity contribution is 4.71. The van der Waals surface area contributed by atoms with Gasteiger partial charge in [-0.05, 0) is 46.3 Å². The summed E-state index contributed by atoms with van der Waals surface area (Å²) in [5.41, 5.74) is -0.592. The molecule has 0 aliphatic rings. The average Bonchev–Trinajstić information content (AvgIpc) is 2.00. The van der Waals surface area contributed by atoms with E-state index in [1.165, 1.54) is 6.42 Å². The van der Waals surface area contributed by atoms with Crippen LogP contribution in [0, 0.1) is 5.92 Å². The Hall–Kier alpha value is -0.120. The summed E-state index contributed by atoms with van der Waals surface area (Å²) in [6, 6.07) is 0. The number of aliphatic hydroxyl groups is 1. The second-order valence-corrected chi connectivity index (χ2v) is 5.32. The lowest BCUT2D eigenvalue weighted by molar-refractivity contribution is 0.0409. The van der Waals surface area contributed by atoms with Gasteiger partial charge in [0.05, 0.1) is 5.60 Å².